The molecule has 0 unspecified atom stereocenters. The van der Waals surface area contributed by atoms with Gasteiger partial charge in [0, 0.05) is 23.7 Å². The van der Waals surface area contributed by atoms with Gasteiger partial charge in [0.1, 0.15) is 18.2 Å². The summed E-state index contributed by atoms with van der Waals surface area (Å²) in [5.41, 5.74) is 3.52. The lowest BCUT2D eigenvalue weighted by molar-refractivity contribution is -0.117. The summed E-state index contributed by atoms with van der Waals surface area (Å²) in [5.74, 6) is -0.601. The van der Waals surface area contributed by atoms with Crippen LogP contribution in [0.1, 0.15) is 15.9 Å². The Bertz CT molecular complexity index is 1850. The zero-order valence-electron chi connectivity index (χ0n) is 22.7. The van der Waals surface area contributed by atoms with Crippen molar-refractivity contribution >= 4 is 28.4 Å². The largest absolute Gasteiger partial charge is 0.325 e. The number of amides is 2. The van der Waals surface area contributed by atoms with Crippen LogP contribution in [0.5, 0.6) is 0 Å². The molecule has 0 aliphatic heterocycles. The fraction of sp³-hybridized carbons (Fsp3) is 0.0571. The third kappa shape index (κ3) is 5.81. The molecule has 0 atom stereocenters. The maximum absolute atomic E-state index is 14.0. The van der Waals surface area contributed by atoms with Crippen LogP contribution in [0.3, 0.4) is 0 Å². The smallest absolute Gasteiger partial charge is 0.255 e. The molecule has 6 aromatic rings. The van der Waals surface area contributed by atoms with Gasteiger partial charge in [0.2, 0.25) is 5.91 Å². The zero-order valence-corrected chi connectivity index (χ0v) is 22.7. The molecule has 0 aliphatic carbocycles. The number of carbonyl (C=O) groups excluding carboxylic acids is 2. The lowest BCUT2D eigenvalue weighted by Gasteiger charge is -2.23. The summed E-state index contributed by atoms with van der Waals surface area (Å²) in [4.78, 5) is 29.1. The third-order valence-electron chi connectivity index (χ3n) is 6.98. The third-order valence-corrected chi connectivity index (χ3v) is 6.98. The van der Waals surface area contributed by atoms with Crippen LogP contribution in [-0.4, -0.2) is 33.0 Å². The van der Waals surface area contributed by atoms with E-state index in [4.69, 9.17) is 5.10 Å². The maximum Gasteiger partial charge on any atom is 0.255 e. The Balaban J connectivity index is 1.32. The second-order valence-electron chi connectivity index (χ2n) is 9.89. The van der Waals surface area contributed by atoms with Crippen LogP contribution in [-0.2, 0) is 11.3 Å². The van der Waals surface area contributed by atoms with Gasteiger partial charge >= 0.3 is 0 Å². The van der Waals surface area contributed by atoms with Gasteiger partial charge in [0.05, 0.1) is 11.4 Å². The molecular weight excluding hydrogens is 527 g/mol. The monoisotopic (exact) mass is 554 g/mol. The summed E-state index contributed by atoms with van der Waals surface area (Å²) in [6.07, 6.45) is 0. The molecule has 1 aromatic heterocycles. The van der Waals surface area contributed by atoms with Gasteiger partial charge in [-0.2, -0.15) is 5.10 Å². The number of hydrogen-bond acceptors (Lipinski definition) is 3. The minimum absolute atomic E-state index is 0.188. The Morgan fingerprint density at radius 3 is 2.19 bits per heavy atom. The Hall–Kier alpha value is -5.56. The first-order chi connectivity index (χ1) is 20.5. The minimum Gasteiger partial charge on any atom is -0.325 e. The quantitative estimate of drug-likeness (QED) is 0.218. The number of nitrogens with zero attached hydrogens (tertiary/aromatic N) is 3. The SMILES string of the molecule is O=C(CN(Cc1ccccc1)C(=O)c1cccc2ccccc12)Nc1cc(-c2ccccc2)nn1-c1ccc(F)cc1. The Labute approximate surface area is 242 Å². The molecule has 0 fully saturated rings. The number of halogens is 1. The highest BCUT2D eigenvalue weighted by Gasteiger charge is 2.22. The molecule has 0 radical (unpaired) electrons. The normalized spacial score (nSPS) is 10.9. The van der Waals surface area contributed by atoms with E-state index in [1.54, 1.807) is 33.8 Å². The minimum atomic E-state index is -0.387. The standard InChI is InChI=1S/C35H27FN4O2/c36-28-18-20-29(21-19-28)40-33(22-32(38-40)27-13-5-2-6-14-27)37-34(41)24-39(23-25-10-3-1-4-11-25)35(42)31-17-9-15-26-12-7-8-16-30(26)31/h1-22H,23-24H2,(H,37,41). The second kappa shape index (κ2) is 11.9. The van der Waals surface area contributed by atoms with Gasteiger partial charge < -0.3 is 10.2 Å². The van der Waals surface area contributed by atoms with Gasteiger partial charge in [-0.05, 0) is 46.7 Å². The van der Waals surface area contributed by atoms with Gasteiger partial charge in [-0.1, -0.05) is 97.1 Å². The average molecular weight is 555 g/mol. The average Bonchev–Trinajstić information content (AvgIpc) is 3.45. The number of nitrogens with one attached hydrogen (secondary N) is 1. The molecule has 2 amide bonds. The molecule has 1 heterocycles. The van der Waals surface area contributed by atoms with E-state index in [0.29, 0.717) is 22.8 Å². The van der Waals surface area contributed by atoms with E-state index in [1.165, 1.54) is 12.1 Å². The summed E-state index contributed by atoms with van der Waals surface area (Å²) >= 11 is 0. The van der Waals surface area contributed by atoms with Crippen molar-refractivity contribution in [2.75, 3.05) is 11.9 Å². The van der Waals surface area contributed by atoms with Crippen LogP contribution in [0.2, 0.25) is 0 Å². The van der Waals surface area contributed by atoms with Crippen molar-refractivity contribution in [2.24, 2.45) is 0 Å². The maximum atomic E-state index is 14.0. The van der Waals surface area contributed by atoms with Crippen LogP contribution >= 0.6 is 0 Å². The lowest BCUT2D eigenvalue weighted by atomic mass is 10.0. The highest BCUT2D eigenvalue weighted by Crippen LogP contribution is 2.26. The lowest BCUT2D eigenvalue weighted by Crippen LogP contribution is -2.38. The van der Waals surface area contributed by atoms with Gasteiger partial charge in [0.15, 0.2) is 0 Å². The number of hydrogen-bond donors (Lipinski definition) is 1. The number of rotatable bonds is 8. The number of carbonyl (C=O) groups is 2. The number of fused-ring (bicyclic) bond motifs is 1. The summed E-state index contributed by atoms with van der Waals surface area (Å²) in [7, 11) is 0. The van der Waals surface area contributed by atoms with Gasteiger partial charge in [-0.3, -0.25) is 9.59 Å². The topological polar surface area (TPSA) is 67.2 Å². The fourth-order valence-electron chi connectivity index (χ4n) is 4.94. The van der Waals surface area contributed by atoms with Gasteiger partial charge in [0.25, 0.3) is 5.91 Å². The zero-order chi connectivity index (χ0) is 28.9. The Morgan fingerprint density at radius 2 is 1.43 bits per heavy atom. The van der Waals surface area contributed by atoms with Crippen molar-refractivity contribution in [3.8, 4) is 16.9 Å². The van der Waals surface area contributed by atoms with Crippen molar-refractivity contribution < 1.29 is 14.0 Å². The van der Waals surface area contributed by atoms with Crippen LogP contribution in [0.25, 0.3) is 27.7 Å². The predicted octanol–water partition coefficient (Wildman–Crippen LogP) is 7.11. The molecule has 1 N–H and O–H groups in total. The second-order valence-corrected chi connectivity index (χ2v) is 9.89. The molecule has 0 saturated carbocycles. The molecule has 206 valence electrons. The summed E-state index contributed by atoms with van der Waals surface area (Å²) in [5, 5.41) is 9.42. The van der Waals surface area contributed by atoms with E-state index in [9.17, 15) is 14.0 Å². The summed E-state index contributed by atoms with van der Waals surface area (Å²) < 4.78 is 15.2. The van der Waals surface area contributed by atoms with E-state index in [1.807, 2.05) is 97.1 Å². The summed E-state index contributed by atoms with van der Waals surface area (Å²) in [6, 6.07) is 40.1. The first kappa shape index (κ1) is 26.7. The van der Waals surface area contributed by atoms with E-state index in [2.05, 4.69) is 5.32 Å². The molecule has 0 spiro atoms. The number of aromatic nitrogens is 2. The van der Waals surface area contributed by atoms with Crippen LogP contribution < -0.4 is 5.32 Å². The van der Waals surface area contributed by atoms with Crippen molar-refractivity contribution in [2.45, 2.75) is 6.54 Å². The first-order valence-electron chi connectivity index (χ1n) is 13.6. The van der Waals surface area contributed by atoms with Crippen LogP contribution in [0, 0.1) is 5.82 Å². The van der Waals surface area contributed by atoms with Crippen molar-refractivity contribution in [3.63, 3.8) is 0 Å². The Kier molecular flexibility index (Phi) is 7.55. The first-order valence-corrected chi connectivity index (χ1v) is 13.6. The van der Waals surface area contributed by atoms with Crippen molar-refractivity contribution in [3.05, 3.63) is 150 Å². The van der Waals surface area contributed by atoms with Gasteiger partial charge in [-0.25, -0.2) is 9.07 Å². The van der Waals surface area contributed by atoms with Gasteiger partial charge in [-0.15, -0.1) is 0 Å². The molecule has 0 saturated heterocycles. The molecule has 6 nitrogen and oxygen atoms in total. The molecular formula is C35H27FN4O2. The molecule has 5 aromatic carbocycles. The fourth-order valence-corrected chi connectivity index (χ4v) is 4.94. The van der Waals surface area contributed by atoms with Crippen molar-refractivity contribution in [1.82, 2.24) is 14.7 Å². The Morgan fingerprint density at radius 1 is 0.762 bits per heavy atom. The van der Waals surface area contributed by atoms with E-state index in [0.717, 1.165) is 21.9 Å². The molecule has 6 rings (SSSR count). The van der Waals surface area contributed by atoms with E-state index in [-0.39, 0.29) is 30.7 Å². The van der Waals surface area contributed by atoms with E-state index >= 15 is 0 Å². The van der Waals surface area contributed by atoms with Crippen LogP contribution in [0.4, 0.5) is 10.2 Å². The number of benzene rings is 5. The predicted molar refractivity (Wildman–Crippen MR) is 163 cm³/mol. The van der Waals surface area contributed by atoms with E-state index < -0.39 is 0 Å². The molecule has 42 heavy (non-hydrogen) atoms. The highest BCUT2D eigenvalue weighted by molar-refractivity contribution is 6.08. The highest BCUT2D eigenvalue weighted by atomic mass is 19.1. The molecule has 0 aliphatic rings. The summed E-state index contributed by atoms with van der Waals surface area (Å²) in [6.45, 7) is 0.0645. The van der Waals surface area contributed by atoms with Crippen LogP contribution in [0.15, 0.2) is 133 Å². The number of anilines is 1. The molecule has 0 bridgehead atoms. The molecule has 7 heteroatoms. The van der Waals surface area contributed by atoms with Crippen molar-refractivity contribution in [1.29, 1.82) is 0 Å².